The van der Waals surface area contributed by atoms with Gasteiger partial charge >= 0.3 is 5.97 Å². The Morgan fingerprint density at radius 2 is 1.82 bits per heavy atom. The smallest absolute Gasteiger partial charge is 0.308 e. The first-order valence-electron chi connectivity index (χ1n) is 6.49. The number of hydrogen-bond acceptors (Lipinski definition) is 4. The van der Waals surface area contributed by atoms with Crippen molar-refractivity contribution in [2.45, 2.75) is 12.7 Å². The lowest BCUT2D eigenvalue weighted by molar-refractivity contribution is -0.131. The van der Waals surface area contributed by atoms with Crippen LogP contribution in [-0.2, 0) is 10.5 Å². The largest absolute Gasteiger partial charge is 0.427 e. The average Bonchev–Trinajstić information content (AvgIpc) is 2.48. The number of anilines is 1. The van der Waals surface area contributed by atoms with Crippen molar-refractivity contribution >= 4 is 40.0 Å². The molecular weight excluding hydrogens is 321 g/mol. The van der Waals surface area contributed by atoms with Crippen LogP contribution in [0.4, 0.5) is 10.1 Å². The predicted molar refractivity (Wildman–Crippen MR) is 91.7 cm³/mol. The van der Waals surface area contributed by atoms with Crippen molar-refractivity contribution in [3.05, 3.63) is 59.9 Å². The molecule has 2 aromatic carbocycles. The lowest BCUT2D eigenvalue weighted by Gasteiger charge is -2.08. The van der Waals surface area contributed by atoms with E-state index >= 15 is 0 Å². The highest BCUT2D eigenvalue weighted by molar-refractivity contribution is 8.22. The molecule has 0 fully saturated rings. The molecule has 0 aromatic heterocycles. The van der Waals surface area contributed by atoms with Crippen LogP contribution in [0.25, 0.3) is 0 Å². The number of carbonyl (C=O) groups is 1. The summed E-state index contributed by atoms with van der Waals surface area (Å²) in [5.41, 5.74) is 1.81. The van der Waals surface area contributed by atoms with Gasteiger partial charge in [0.1, 0.15) is 15.9 Å². The van der Waals surface area contributed by atoms with E-state index in [4.69, 9.17) is 17.0 Å². The van der Waals surface area contributed by atoms with Crippen molar-refractivity contribution in [3.63, 3.8) is 0 Å². The molecule has 2 rings (SSSR count). The molecule has 1 N–H and O–H groups in total. The fraction of sp³-hybridized carbons (Fsp3) is 0.125. The van der Waals surface area contributed by atoms with Crippen molar-refractivity contribution in [1.29, 1.82) is 0 Å². The molecule has 0 aliphatic rings. The second kappa shape index (κ2) is 7.91. The predicted octanol–water partition coefficient (Wildman–Crippen LogP) is 4.38. The Morgan fingerprint density at radius 3 is 2.41 bits per heavy atom. The minimum atomic E-state index is -0.341. The first-order chi connectivity index (χ1) is 10.5. The van der Waals surface area contributed by atoms with Gasteiger partial charge in [-0.25, -0.2) is 4.39 Å². The summed E-state index contributed by atoms with van der Waals surface area (Å²) in [6, 6.07) is 13.3. The van der Waals surface area contributed by atoms with E-state index in [0.29, 0.717) is 15.8 Å². The van der Waals surface area contributed by atoms with Crippen LogP contribution < -0.4 is 10.1 Å². The van der Waals surface area contributed by atoms with E-state index in [1.54, 1.807) is 24.3 Å². The second-order valence-corrected chi connectivity index (χ2v) is 6.10. The van der Waals surface area contributed by atoms with E-state index in [0.717, 1.165) is 11.3 Å². The number of halogens is 1. The van der Waals surface area contributed by atoms with E-state index in [9.17, 15) is 9.18 Å². The molecule has 0 radical (unpaired) electrons. The van der Waals surface area contributed by atoms with Crippen molar-refractivity contribution in [2.75, 3.05) is 5.32 Å². The molecular formula is C16H14FNO2S2. The number of benzene rings is 2. The van der Waals surface area contributed by atoms with Crippen LogP contribution >= 0.6 is 24.0 Å². The minimum Gasteiger partial charge on any atom is -0.427 e. The molecule has 0 amide bonds. The zero-order chi connectivity index (χ0) is 15.9. The third-order valence-corrected chi connectivity index (χ3v) is 3.94. The van der Waals surface area contributed by atoms with Crippen molar-refractivity contribution in [3.8, 4) is 5.75 Å². The van der Waals surface area contributed by atoms with E-state index in [1.165, 1.54) is 30.8 Å². The van der Waals surface area contributed by atoms with E-state index in [2.05, 4.69) is 5.32 Å². The van der Waals surface area contributed by atoms with Gasteiger partial charge in [0.15, 0.2) is 0 Å². The van der Waals surface area contributed by atoms with Crippen LogP contribution in [0.1, 0.15) is 12.5 Å². The highest BCUT2D eigenvalue weighted by Gasteiger charge is 2.02. The maximum absolute atomic E-state index is 12.8. The summed E-state index contributed by atoms with van der Waals surface area (Å²) in [5.74, 6) is 0.588. The summed E-state index contributed by atoms with van der Waals surface area (Å²) < 4.78 is 18.4. The lowest BCUT2D eigenvalue weighted by atomic mass is 10.2. The standard InChI is InChI=1S/C16H14FNO2S2/c1-11(19)20-15-8-2-12(3-9-15)10-22-16(21)18-14-6-4-13(17)5-7-14/h2-9H,10H2,1H3,(H,18,21). The molecule has 0 unspecified atom stereocenters. The number of carbonyl (C=O) groups excluding carboxylic acids is 1. The summed E-state index contributed by atoms with van der Waals surface area (Å²) in [6.07, 6.45) is 0. The van der Waals surface area contributed by atoms with E-state index in [-0.39, 0.29) is 11.8 Å². The Labute approximate surface area is 137 Å². The molecule has 3 nitrogen and oxygen atoms in total. The normalized spacial score (nSPS) is 10.1. The van der Waals surface area contributed by atoms with Crippen molar-refractivity contribution < 1.29 is 13.9 Å². The van der Waals surface area contributed by atoms with Gasteiger partial charge in [-0.1, -0.05) is 36.1 Å². The third-order valence-electron chi connectivity index (χ3n) is 2.65. The number of hydrogen-bond donors (Lipinski definition) is 1. The summed E-state index contributed by atoms with van der Waals surface area (Å²) in [7, 11) is 0. The zero-order valence-electron chi connectivity index (χ0n) is 11.8. The molecule has 0 atom stereocenters. The van der Waals surface area contributed by atoms with Gasteiger partial charge < -0.3 is 10.1 Å². The van der Waals surface area contributed by atoms with Gasteiger partial charge in [0.2, 0.25) is 0 Å². The number of nitrogens with one attached hydrogen (secondary N) is 1. The summed E-state index contributed by atoms with van der Waals surface area (Å²) in [5, 5.41) is 3.04. The number of esters is 1. The van der Waals surface area contributed by atoms with Gasteiger partial charge in [0, 0.05) is 18.4 Å². The van der Waals surface area contributed by atoms with Gasteiger partial charge in [-0.05, 0) is 42.0 Å². The minimum absolute atomic E-state index is 0.281. The Morgan fingerprint density at radius 1 is 1.18 bits per heavy atom. The molecule has 0 saturated heterocycles. The lowest BCUT2D eigenvalue weighted by Crippen LogP contribution is -2.05. The highest BCUT2D eigenvalue weighted by atomic mass is 32.2. The van der Waals surface area contributed by atoms with Gasteiger partial charge in [0.05, 0.1) is 0 Å². The molecule has 0 saturated carbocycles. The molecule has 0 aliphatic heterocycles. The van der Waals surface area contributed by atoms with Gasteiger partial charge in [-0.15, -0.1) is 0 Å². The number of rotatable bonds is 4. The highest BCUT2D eigenvalue weighted by Crippen LogP contribution is 2.19. The fourth-order valence-corrected chi connectivity index (χ4v) is 2.63. The topological polar surface area (TPSA) is 38.3 Å². The Bertz CT molecular complexity index is 657. The van der Waals surface area contributed by atoms with E-state index < -0.39 is 0 Å². The molecule has 0 spiro atoms. The van der Waals surface area contributed by atoms with Crippen LogP contribution in [0.2, 0.25) is 0 Å². The quantitative estimate of drug-likeness (QED) is 0.510. The molecule has 0 bridgehead atoms. The molecule has 22 heavy (non-hydrogen) atoms. The number of thiocarbonyl (C=S) groups is 1. The first kappa shape index (κ1) is 16.5. The van der Waals surface area contributed by atoms with Crippen molar-refractivity contribution in [1.82, 2.24) is 0 Å². The van der Waals surface area contributed by atoms with E-state index in [1.807, 2.05) is 12.1 Å². The summed E-state index contributed by atoms with van der Waals surface area (Å²) in [4.78, 5) is 10.8. The van der Waals surface area contributed by atoms with Gasteiger partial charge in [-0.3, -0.25) is 4.79 Å². The number of thioether (sulfide) groups is 1. The maximum atomic E-state index is 12.8. The van der Waals surface area contributed by atoms with Crippen LogP contribution in [0, 0.1) is 5.82 Å². The number of ether oxygens (including phenoxy) is 1. The summed E-state index contributed by atoms with van der Waals surface area (Å²) >= 11 is 6.71. The van der Waals surface area contributed by atoms with Crippen LogP contribution in [0.5, 0.6) is 5.75 Å². The average molecular weight is 335 g/mol. The molecule has 2 aromatic rings. The SMILES string of the molecule is CC(=O)Oc1ccc(CSC(=S)Nc2ccc(F)cc2)cc1. The monoisotopic (exact) mass is 335 g/mol. The van der Waals surface area contributed by atoms with Gasteiger partial charge in [-0.2, -0.15) is 0 Å². The summed E-state index contributed by atoms with van der Waals surface area (Å²) in [6.45, 7) is 1.36. The third kappa shape index (κ3) is 5.46. The molecule has 6 heteroatoms. The zero-order valence-corrected chi connectivity index (χ0v) is 13.5. The van der Waals surface area contributed by atoms with Crippen LogP contribution in [0.3, 0.4) is 0 Å². The molecule has 114 valence electrons. The Hall–Kier alpha value is -1.92. The van der Waals surface area contributed by atoms with Gasteiger partial charge in [0.25, 0.3) is 0 Å². The molecule has 0 heterocycles. The van der Waals surface area contributed by atoms with Crippen molar-refractivity contribution in [2.24, 2.45) is 0 Å². The first-order valence-corrected chi connectivity index (χ1v) is 7.89. The molecule has 0 aliphatic carbocycles. The Balaban J connectivity index is 1.83. The Kier molecular flexibility index (Phi) is 5.91. The maximum Gasteiger partial charge on any atom is 0.308 e. The van der Waals surface area contributed by atoms with Crippen LogP contribution in [-0.4, -0.2) is 10.3 Å². The van der Waals surface area contributed by atoms with Crippen LogP contribution in [0.15, 0.2) is 48.5 Å². The fourth-order valence-electron chi connectivity index (χ4n) is 1.66. The second-order valence-electron chi connectivity index (χ2n) is 4.45.